The Morgan fingerprint density at radius 1 is 1.13 bits per heavy atom. The van der Waals surface area contributed by atoms with E-state index in [2.05, 4.69) is 0 Å². The van der Waals surface area contributed by atoms with Crippen molar-refractivity contribution in [1.29, 1.82) is 0 Å². The first-order valence-corrected chi connectivity index (χ1v) is 4.34. The number of fused-ring (bicyclic) bond motifs is 1. The van der Waals surface area contributed by atoms with Gasteiger partial charge in [-0.25, -0.2) is 0 Å². The molecular formula is C11H8O4. The van der Waals surface area contributed by atoms with Crippen LogP contribution < -0.4 is 0 Å². The summed E-state index contributed by atoms with van der Waals surface area (Å²) >= 11 is 0. The van der Waals surface area contributed by atoms with Crippen LogP contribution in [0.1, 0.15) is 26.3 Å². The van der Waals surface area contributed by atoms with E-state index < -0.39 is 17.3 Å². The van der Waals surface area contributed by atoms with Crippen molar-refractivity contribution in [1.82, 2.24) is 0 Å². The van der Waals surface area contributed by atoms with Crippen LogP contribution in [0.25, 0.3) is 0 Å². The summed E-state index contributed by atoms with van der Waals surface area (Å²) in [5.74, 6) is -2.01. The molecule has 0 fully saturated rings. The molecule has 15 heavy (non-hydrogen) atoms. The molecule has 0 radical (unpaired) electrons. The van der Waals surface area contributed by atoms with Crippen molar-refractivity contribution in [3.05, 3.63) is 40.7 Å². The first-order chi connectivity index (χ1) is 7.00. The van der Waals surface area contributed by atoms with Gasteiger partial charge in [-0.1, -0.05) is 0 Å². The van der Waals surface area contributed by atoms with Gasteiger partial charge in [0.1, 0.15) is 5.75 Å². The Labute approximate surface area is 85.5 Å². The summed E-state index contributed by atoms with van der Waals surface area (Å²) in [5.41, 5.74) is 0.669. The third-order valence-electron chi connectivity index (χ3n) is 2.25. The Morgan fingerprint density at radius 2 is 1.80 bits per heavy atom. The highest BCUT2D eigenvalue weighted by atomic mass is 16.3. The van der Waals surface area contributed by atoms with Gasteiger partial charge >= 0.3 is 0 Å². The van der Waals surface area contributed by atoms with Crippen LogP contribution in [0.4, 0.5) is 0 Å². The highest BCUT2D eigenvalue weighted by molar-refractivity contribution is 6.24. The number of carbonyl (C=O) groups is 2. The summed E-state index contributed by atoms with van der Waals surface area (Å²) in [5, 5.41) is 18.7. The topological polar surface area (TPSA) is 74.6 Å². The molecule has 0 aliphatic heterocycles. The molecule has 1 aromatic rings. The largest absolute Gasteiger partial charge is 0.507 e. The number of carbonyl (C=O) groups excluding carboxylic acids is 2. The summed E-state index contributed by atoms with van der Waals surface area (Å²) in [6, 6.07) is 2.87. The van der Waals surface area contributed by atoms with Gasteiger partial charge in [-0.3, -0.25) is 9.59 Å². The van der Waals surface area contributed by atoms with E-state index in [1.165, 1.54) is 12.1 Å². The molecule has 0 spiro atoms. The van der Waals surface area contributed by atoms with Gasteiger partial charge in [0, 0.05) is 11.6 Å². The molecule has 0 saturated carbocycles. The SMILES string of the molecule is Cc1cc(O)c2c(c1)C(=O)C(O)=CC2=O. The zero-order chi connectivity index (χ0) is 11.2. The third-order valence-corrected chi connectivity index (χ3v) is 2.25. The van der Waals surface area contributed by atoms with Crippen molar-refractivity contribution in [2.45, 2.75) is 6.92 Å². The van der Waals surface area contributed by atoms with Crippen LogP contribution in [-0.2, 0) is 0 Å². The number of phenolic OH excluding ortho intramolecular Hbond substituents is 1. The fraction of sp³-hybridized carbons (Fsp3) is 0.0909. The van der Waals surface area contributed by atoms with Crippen LogP contribution >= 0.6 is 0 Å². The van der Waals surface area contributed by atoms with Crippen molar-refractivity contribution in [3.8, 4) is 5.75 Å². The maximum absolute atomic E-state index is 11.5. The first kappa shape index (κ1) is 9.45. The first-order valence-electron chi connectivity index (χ1n) is 4.34. The van der Waals surface area contributed by atoms with Gasteiger partial charge in [-0.15, -0.1) is 0 Å². The minimum atomic E-state index is -0.636. The highest BCUT2D eigenvalue weighted by Gasteiger charge is 2.28. The lowest BCUT2D eigenvalue weighted by molar-refractivity contribution is 0.0937. The van der Waals surface area contributed by atoms with Crippen LogP contribution in [0.5, 0.6) is 5.75 Å². The number of aryl methyl sites for hydroxylation is 1. The fourth-order valence-electron chi connectivity index (χ4n) is 1.61. The Hall–Kier alpha value is -2.10. The number of hydrogen-bond acceptors (Lipinski definition) is 4. The lowest BCUT2D eigenvalue weighted by atomic mass is 9.91. The van der Waals surface area contributed by atoms with E-state index in [-0.39, 0.29) is 16.9 Å². The lowest BCUT2D eigenvalue weighted by Gasteiger charge is -2.13. The van der Waals surface area contributed by atoms with Gasteiger partial charge in [-0.05, 0) is 24.6 Å². The zero-order valence-electron chi connectivity index (χ0n) is 7.94. The number of aromatic hydroxyl groups is 1. The zero-order valence-corrected chi connectivity index (χ0v) is 7.94. The smallest absolute Gasteiger partial charge is 0.228 e. The standard InChI is InChI=1S/C11H8O4/c1-5-2-6-10(7(12)3-5)8(13)4-9(14)11(6)15/h2-4,12,14H,1H3. The fourth-order valence-corrected chi connectivity index (χ4v) is 1.61. The molecule has 76 valence electrons. The van der Waals surface area contributed by atoms with Gasteiger partial charge in [0.15, 0.2) is 11.5 Å². The van der Waals surface area contributed by atoms with E-state index in [0.29, 0.717) is 5.56 Å². The van der Waals surface area contributed by atoms with Gasteiger partial charge in [0.05, 0.1) is 5.56 Å². The maximum atomic E-state index is 11.5. The molecule has 1 aliphatic carbocycles. The lowest BCUT2D eigenvalue weighted by Crippen LogP contribution is -2.17. The number of benzene rings is 1. The average molecular weight is 204 g/mol. The quantitative estimate of drug-likeness (QED) is 0.671. The Morgan fingerprint density at radius 3 is 2.47 bits per heavy atom. The van der Waals surface area contributed by atoms with Crippen LogP contribution in [0.2, 0.25) is 0 Å². The normalized spacial score (nSPS) is 14.9. The molecule has 0 unspecified atom stereocenters. The molecule has 0 amide bonds. The summed E-state index contributed by atoms with van der Waals surface area (Å²) in [6.07, 6.45) is 0.819. The number of Topliss-reactive ketones (excluding diaryl/α,β-unsaturated/α-hetero) is 1. The summed E-state index contributed by atoms with van der Waals surface area (Å²) in [6.45, 7) is 1.69. The molecule has 2 N–H and O–H groups in total. The molecule has 0 heterocycles. The summed E-state index contributed by atoms with van der Waals surface area (Å²) in [4.78, 5) is 22.9. The number of aliphatic hydroxyl groups excluding tert-OH is 1. The second kappa shape index (κ2) is 2.95. The number of ketones is 2. The van der Waals surface area contributed by atoms with E-state index in [0.717, 1.165) is 6.08 Å². The molecule has 0 saturated heterocycles. The summed E-state index contributed by atoms with van der Waals surface area (Å²) in [7, 11) is 0. The molecule has 0 aromatic heterocycles. The van der Waals surface area contributed by atoms with Crippen LogP contribution in [0, 0.1) is 6.92 Å². The van der Waals surface area contributed by atoms with Gasteiger partial charge in [0.25, 0.3) is 0 Å². The highest BCUT2D eigenvalue weighted by Crippen LogP contribution is 2.29. The molecule has 0 atom stereocenters. The van der Waals surface area contributed by atoms with E-state index in [9.17, 15) is 19.8 Å². The second-order valence-corrected chi connectivity index (χ2v) is 3.43. The predicted molar refractivity (Wildman–Crippen MR) is 52.2 cm³/mol. The van der Waals surface area contributed by atoms with Crippen LogP contribution in [0.3, 0.4) is 0 Å². The van der Waals surface area contributed by atoms with Crippen LogP contribution in [0.15, 0.2) is 24.0 Å². The molecule has 4 nitrogen and oxygen atoms in total. The third kappa shape index (κ3) is 1.30. The monoisotopic (exact) mass is 204 g/mol. The number of hydrogen-bond donors (Lipinski definition) is 2. The molecular weight excluding hydrogens is 196 g/mol. The van der Waals surface area contributed by atoms with E-state index >= 15 is 0 Å². The maximum Gasteiger partial charge on any atom is 0.228 e. The molecule has 1 aromatic carbocycles. The second-order valence-electron chi connectivity index (χ2n) is 3.43. The van der Waals surface area contributed by atoms with E-state index in [4.69, 9.17) is 0 Å². The van der Waals surface area contributed by atoms with Crippen molar-refractivity contribution >= 4 is 11.6 Å². The Bertz CT molecular complexity index is 512. The number of aliphatic hydroxyl groups is 1. The Kier molecular flexibility index (Phi) is 1.86. The number of phenols is 1. The van der Waals surface area contributed by atoms with Crippen molar-refractivity contribution in [3.63, 3.8) is 0 Å². The van der Waals surface area contributed by atoms with Gasteiger partial charge < -0.3 is 10.2 Å². The minimum Gasteiger partial charge on any atom is -0.507 e. The predicted octanol–water partition coefficient (Wildman–Crippen LogP) is 1.52. The number of rotatable bonds is 0. The molecule has 2 rings (SSSR count). The molecule has 0 bridgehead atoms. The van der Waals surface area contributed by atoms with E-state index in [1.807, 2.05) is 0 Å². The summed E-state index contributed by atoms with van der Waals surface area (Å²) < 4.78 is 0. The van der Waals surface area contributed by atoms with Crippen molar-refractivity contribution in [2.24, 2.45) is 0 Å². The molecule has 4 heteroatoms. The molecule has 1 aliphatic rings. The van der Waals surface area contributed by atoms with Crippen molar-refractivity contribution < 1.29 is 19.8 Å². The minimum absolute atomic E-state index is 0.0385. The van der Waals surface area contributed by atoms with E-state index in [1.54, 1.807) is 6.92 Å². The Balaban J connectivity index is 2.78. The van der Waals surface area contributed by atoms with Gasteiger partial charge in [-0.2, -0.15) is 0 Å². The van der Waals surface area contributed by atoms with Crippen molar-refractivity contribution in [2.75, 3.05) is 0 Å². The average Bonchev–Trinajstić information content (AvgIpc) is 2.12. The number of allylic oxidation sites excluding steroid dienone is 2. The van der Waals surface area contributed by atoms with Gasteiger partial charge in [0.2, 0.25) is 5.78 Å². The van der Waals surface area contributed by atoms with Crippen LogP contribution in [-0.4, -0.2) is 21.8 Å².